The zero-order chi connectivity index (χ0) is 15.5. The molecule has 2 N–H and O–H groups in total. The van der Waals surface area contributed by atoms with Gasteiger partial charge in [-0.15, -0.1) is 0 Å². The number of aliphatic hydroxyl groups is 1. The van der Waals surface area contributed by atoms with Crippen molar-refractivity contribution in [2.45, 2.75) is 71.3 Å². The molecular formula is C19H29NO2. The smallest absolute Gasteiger partial charge is 0.0795 e. The fourth-order valence-electron chi connectivity index (χ4n) is 6.62. The minimum Gasteiger partial charge on any atom is -0.411 e. The Morgan fingerprint density at radius 2 is 1.86 bits per heavy atom. The largest absolute Gasteiger partial charge is 0.411 e. The average molecular weight is 303 g/mol. The Morgan fingerprint density at radius 1 is 1.05 bits per heavy atom. The number of oxime groups is 1. The average Bonchev–Trinajstić information content (AvgIpc) is 2.82. The Balaban J connectivity index is 1.68. The minimum atomic E-state index is -0.0809. The molecule has 4 aliphatic carbocycles. The van der Waals surface area contributed by atoms with E-state index >= 15 is 0 Å². The predicted octanol–water partition coefficient (Wildman–Crippen LogP) is 4.14. The van der Waals surface area contributed by atoms with E-state index in [-0.39, 0.29) is 11.5 Å². The Labute approximate surface area is 133 Å². The van der Waals surface area contributed by atoms with Crippen LogP contribution in [-0.2, 0) is 0 Å². The van der Waals surface area contributed by atoms with E-state index in [1.165, 1.54) is 31.3 Å². The van der Waals surface area contributed by atoms with E-state index in [1.54, 1.807) is 0 Å². The van der Waals surface area contributed by atoms with Crippen LogP contribution in [0.25, 0.3) is 0 Å². The van der Waals surface area contributed by atoms with E-state index in [0.29, 0.717) is 11.3 Å². The molecule has 0 saturated heterocycles. The topological polar surface area (TPSA) is 52.8 Å². The van der Waals surface area contributed by atoms with Crippen molar-refractivity contribution >= 4 is 5.71 Å². The first-order chi connectivity index (χ1) is 10.5. The normalized spacial score (nSPS) is 52.7. The lowest BCUT2D eigenvalue weighted by molar-refractivity contribution is -0.0722. The molecule has 0 heterocycles. The first-order valence-electron chi connectivity index (χ1n) is 9.09. The number of aliphatic hydroxyl groups excluding tert-OH is 1. The first-order valence-corrected chi connectivity index (χ1v) is 9.09. The summed E-state index contributed by atoms with van der Waals surface area (Å²) in [6.07, 6.45) is 11.2. The van der Waals surface area contributed by atoms with Gasteiger partial charge in [0.15, 0.2) is 0 Å². The van der Waals surface area contributed by atoms with Crippen molar-refractivity contribution < 1.29 is 10.3 Å². The van der Waals surface area contributed by atoms with Crippen molar-refractivity contribution in [1.29, 1.82) is 0 Å². The molecule has 122 valence electrons. The van der Waals surface area contributed by atoms with Gasteiger partial charge in [-0.05, 0) is 86.0 Å². The highest BCUT2D eigenvalue weighted by atomic mass is 16.4. The van der Waals surface area contributed by atoms with Crippen LogP contribution in [0.15, 0.2) is 16.8 Å². The molecule has 0 aromatic carbocycles. The van der Waals surface area contributed by atoms with Gasteiger partial charge in [-0.2, -0.15) is 0 Å². The van der Waals surface area contributed by atoms with E-state index in [1.807, 2.05) is 0 Å². The van der Waals surface area contributed by atoms with Gasteiger partial charge in [-0.3, -0.25) is 0 Å². The second-order valence-corrected chi connectivity index (χ2v) is 8.73. The van der Waals surface area contributed by atoms with Crippen LogP contribution >= 0.6 is 0 Å². The van der Waals surface area contributed by atoms with Gasteiger partial charge in [0.25, 0.3) is 0 Å². The number of rotatable bonds is 0. The van der Waals surface area contributed by atoms with E-state index in [9.17, 15) is 5.11 Å². The maximum atomic E-state index is 10.5. The summed E-state index contributed by atoms with van der Waals surface area (Å²) in [7, 11) is 0. The monoisotopic (exact) mass is 303 g/mol. The lowest BCUT2D eigenvalue weighted by Gasteiger charge is -2.57. The molecule has 0 spiro atoms. The summed E-state index contributed by atoms with van der Waals surface area (Å²) in [5.74, 6) is 2.26. The minimum absolute atomic E-state index is 0.0809. The lowest BCUT2D eigenvalue weighted by atomic mass is 9.47. The second-order valence-electron chi connectivity index (χ2n) is 8.73. The van der Waals surface area contributed by atoms with Crippen LogP contribution in [-0.4, -0.2) is 22.1 Å². The number of nitrogens with zero attached hydrogens (tertiary/aromatic N) is 1. The molecule has 3 fully saturated rings. The fourth-order valence-corrected chi connectivity index (χ4v) is 6.62. The van der Waals surface area contributed by atoms with E-state index in [2.05, 4.69) is 25.1 Å². The number of hydrogen-bond acceptors (Lipinski definition) is 3. The van der Waals surface area contributed by atoms with Crippen LogP contribution in [0.2, 0.25) is 0 Å². The van der Waals surface area contributed by atoms with Gasteiger partial charge in [-0.1, -0.05) is 24.6 Å². The molecule has 0 unspecified atom stereocenters. The number of allylic oxidation sites excluding steroid dienone is 2. The quantitative estimate of drug-likeness (QED) is 0.522. The summed E-state index contributed by atoms with van der Waals surface area (Å²) in [5.41, 5.74) is 2.86. The van der Waals surface area contributed by atoms with Crippen LogP contribution in [0.4, 0.5) is 0 Å². The van der Waals surface area contributed by atoms with Crippen molar-refractivity contribution in [3.63, 3.8) is 0 Å². The molecule has 3 saturated carbocycles. The summed E-state index contributed by atoms with van der Waals surface area (Å²) < 4.78 is 0. The molecule has 3 heteroatoms. The molecule has 4 aliphatic rings. The van der Waals surface area contributed by atoms with Crippen LogP contribution in [0, 0.1) is 28.6 Å². The summed E-state index contributed by atoms with van der Waals surface area (Å²) in [6, 6.07) is 0. The van der Waals surface area contributed by atoms with Crippen molar-refractivity contribution in [2.75, 3.05) is 0 Å². The summed E-state index contributed by atoms with van der Waals surface area (Å²) >= 11 is 0. The third kappa shape index (κ3) is 1.81. The maximum Gasteiger partial charge on any atom is 0.0795 e. The molecule has 0 aromatic rings. The Hall–Kier alpha value is -0.830. The van der Waals surface area contributed by atoms with Crippen LogP contribution < -0.4 is 0 Å². The summed E-state index contributed by atoms with van der Waals surface area (Å²) in [5, 5.41) is 23.0. The van der Waals surface area contributed by atoms with Crippen LogP contribution in [0.1, 0.15) is 65.2 Å². The number of fused-ring (bicyclic) bond motifs is 5. The fraction of sp³-hybridized carbons (Fsp3) is 0.842. The van der Waals surface area contributed by atoms with Gasteiger partial charge >= 0.3 is 0 Å². The highest BCUT2D eigenvalue weighted by molar-refractivity contribution is 5.96. The molecule has 0 radical (unpaired) electrons. The maximum absolute atomic E-state index is 10.5. The highest BCUT2D eigenvalue weighted by Crippen LogP contribution is 2.65. The molecule has 0 bridgehead atoms. The van der Waals surface area contributed by atoms with E-state index < -0.39 is 0 Å². The van der Waals surface area contributed by atoms with Gasteiger partial charge in [-0.25, -0.2) is 0 Å². The molecule has 4 rings (SSSR count). The highest BCUT2D eigenvalue weighted by Gasteiger charge is 2.58. The molecule has 6 atom stereocenters. The van der Waals surface area contributed by atoms with Gasteiger partial charge in [0.1, 0.15) is 0 Å². The first kappa shape index (κ1) is 14.7. The third-order valence-corrected chi connectivity index (χ3v) is 8.06. The predicted molar refractivity (Wildman–Crippen MR) is 86.9 cm³/mol. The molecule has 0 aliphatic heterocycles. The zero-order valence-electron chi connectivity index (χ0n) is 13.9. The molecular weight excluding hydrogens is 274 g/mol. The zero-order valence-corrected chi connectivity index (χ0v) is 13.9. The van der Waals surface area contributed by atoms with Gasteiger partial charge in [0, 0.05) is 0 Å². The number of hydrogen-bond donors (Lipinski definition) is 2. The van der Waals surface area contributed by atoms with Crippen molar-refractivity contribution in [1.82, 2.24) is 0 Å². The standard InChI is InChI=1S/C19H29NO2/c1-18-9-7-13(20-22)11-12(18)3-4-14-15-5-6-17(21)19(15,2)10-8-16(14)18/h11,14-17,21-22H,3-10H2,1-2H3/b20-13+/t14-,15-,16-,17-,18-,19-/m0/s1. The molecule has 0 amide bonds. The molecule has 22 heavy (non-hydrogen) atoms. The van der Waals surface area contributed by atoms with Gasteiger partial charge in [0.2, 0.25) is 0 Å². The van der Waals surface area contributed by atoms with Gasteiger partial charge < -0.3 is 10.3 Å². The Kier molecular flexibility index (Phi) is 3.24. The third-order valence-electron chi connectivity index (χ3n) is 8.06. The summed E-state index contributed by atoms with van der Waals surface area (Å²) in [6.45, 7) is 4.80. The van der Waals surface area contributed by atoms with E-state index in [4.69, 9.17) is 5.21 Å². The van der Waals surface area contributed by atoms with Crippen LogP contribution in [0.3, 0.4) is 0 Å². The Morgan fingerprint density at radius 3 is 2.64 bits per heavy atom. The molecule has 0 aromatic heterocycles. The van der Waals surface area contributed by atoms with E-state index in [0.717, 1.165) is 43.2 Å². The van der Waals surface area contributed by atoms with Gasteiger partial charge in [0.05, 0.1) is 11.8 Å². The molecule has 3 nitrogen and oxygen atoms in total. The SMILES string of the molecule is C[C@]12CC[C@H]3[C@@H](CCC4=C/C(=N/O)CC[C@@]43C)[C@@H]1CC[C@@H]2O. The lowest BCUT2D eigenvalue weighted by Crippen LogP contribution is -2.51. The summed E-state index contributed by atoms with van der Waals surface area (Å²) in [4.78, 5) is 0. The van der Waals surface area contributed by atoms with Crippen molar-refractivity contribution in [2.24, 2.45) is 33.7 Å². The van der Waals surface area contributed by atoms with Crippen molar-refractivity contribution in [3.05, 3.63) is 11.6 Å². The Bertz CT molecular complexity index is 540. The van der Waals surface area contributed by atoms with Crippen LogP contribution in [0.5, 0.6) is 0 Å². The second kappa shape index (κ2) is 4.83. The van der Waals surface area contributed by atoms with Crippen molar-refractivity contribution in [3.8, 4) is 0 Å².